The van der Waals surface area contributed by atoms with Crippen LogP contribution in [0.5, 0.6) is 0 Å². The summed E-state index contributed by atoms with van der Waals surface area (Å²) < 4.78 is 0. The summed E-state index contributed by atoms with van der Waals surface area (Å²) in [5.74, 6) is 1.51. The molecule has 0 aromatic carbocycles. The minimum absolute atomic E-state index is 0.598. The lowest BCUT2D eigenvalue weighted by Gasteiger charge is -2.07. The van der Waals surface area contributed by atoms with Gasteiger partial charge in [-0.15, -0.1) is 0 Å². The zero-order chi connectivity index (χ0) is 12.3. The summed E-state index contributed by atoms with van der Waals surface area (Å²) in [6.07, 6.45) is 5.72. The van der Waals surface area contributed by atoms with Crippen LogP contribution >= 0.6 is 0 Å². The molecule has 1 atom stereocenters. The van der Waals surface area contributed by atoms with Crippen molar-refractivity contribution in [1.29, 1.82) is 0 Å². The van der Waals surface area contributed by atoms with E-state index in [1.165, 1.54) is 35.9 Å². The first-order valence-electron chi connectivity index (χ1n) is 6.41. The third-order valence-corrected chi connectivity index (χ3v) is 3.30. The summed E-state index contributed by atoms with van der Waals surface area (Å²) in [5.41, 5.74) is 2.49. The second-order valence-electron chi connectivity index (χ2n) is 4.67. The summed E-state index contributed by atoms with van der Waals surface area (Å²) in [7, 11) is 1.89. The number of fused-ring (bicyclic) bond motifs is 1. The molecule has 2 N–H and O–H groups in total. The Morgan fingerprint density at radius 2 is 2.24 bits per heavy atom. The number of nitrogens with one attached hydrogen (secondary N) is 2. The zero-order valence-corrected chi connectivity index (χ0v) is 10.9. The van der Waals surface area contributed by atoms with Gasteiger partial charge in [-0.3, -0.25) is 0 Å². The molecule has 2 aromatic heterocycles. The monoisotopic (exact) mass is 231 g/mol. The van der Waals surface area contributed by atoms with E-state index in [2.05, 4.69) is 41.3 Å². The van der Waals surface area contributed by atoms with Crippen LogP contribution in [0.15, 0.2) is 18.3 Å². The molecule has 0 fully saturated rings. The molecule has 2 rings (SSSR count). The van der Waals surface area contributed by atoms with Crippen LogP contribution in [0.2, 0.25) is 0 Å². The summed E-state index contributed by atoms with van der Waals surface area (Å²) >= 11 is 0. The average molecular weight is 231 g/mol. The van der Waals surface area contributed by atoms with Gasteiger partial charge in [-0.05, 0) is 18.4 Å². The maximum Gasteiger partial charge on any atom is 0.127 e. The Hall–Kier alpha value is -1.51. The summed E-state index contributed by atoms with van der Waals surface area (Å²) in [5, 5.41) is 4.26. The first-order chi connectivity index (χ1) is 8.24. The predicted octanol–water partition coefficient (Wildman–Crippen LogP) is 3.90. The fourth-order valence-corrected chi connectivity index (χ4v) is 2.12. The van der Waals surface area contributed by atoms with Crippen molar-refractivity contribution in [2.24, 2.45) is 0 Å². The van der Waals surface area contributed by atoms with Crippen LogP contribution in [0, 0.1) is 0 Å². The van der Waals surface area contributed by atoms with Gasteiger partial charge in [0, 0.05) is 30.4 Å². The van der Waals surface area contributed by atoms with Gasteiger partial charge in [0.25, 0.3) is 0 Å². The van der Waals surface area contributed by atoms with Crippen molar-refractivity contribution in [2.75, 3.05) is 12.4 Å². The first kappa shape index (κ1) is 12.0. The van der Waals surface area contributed by atoms with Crippen LogP contribution in [0.1, 0.15) is 44.7 Å². The maximum atomic E-state index is 4.33. The minimum Gasteiger partial charge on any atom is -0.373 e. The average Bonchev–Trinajstić information content (AvgIpc) is 2.78. The number of rotatable bonds is 5. The van der Waals surface area contributed by atoms with E-state index >= 15 is 0 Å². The van der Waals surface area contributed by atoms with E-state index in [0.29, 0.717) is 5.92 Å². The van der Waals surface area contributed by atoms with Crippen molar-refractivity contribution < 1.29 is 0 Å². The van der Waals surface area contributed by atoms with E-state index in [4.69, 9.17) is 0 Å². The summed E-state index contributed by atoms with van der Waals surface area (Å²) in [6.45, 7) is 4.52. The van der Waals surface area contributed by atoms with Gasteiger partial charge < -0.3 is 10.3 Å². The van der Waals surface area contributed by atoms with E-state index < -0.39 is 0 Å². The molecule has 2 heterocycles. The van der Waals surface area contributed by atoms with Crippen LogP contribution in [-0.4, -0.2) is 17.0 Å². The van der Waals surface area contributed by atoms with Gasteiger partial charge in [-0.25, -0.2) is 4.98 Å². The molecule has 3 heteroatoms. The van der Waals surface area contributed by atoms with Crippen molar-refractivity contribution in [3.05, 3.63) is 24.0 Å². The van der Waals surface area contributed by atoms with Gasteiger partial charge in [-0.2, -0.15) is 0 Å². The number of aromatic amines is 1. The molecule has 0 spiro atoms. The molecule has 0 saturated carbocycles. The normalized spacial score (nSPS) is 12.9. The van der Waals surface area contributed by atoms with E-state index in [9.17, 15) is 0 Å². The third kappa shape index (κ3) is 2.60. The zero-order valence-electron chi connectivity index (χ0n) is 10.9. The SMILES string of the molecule is CCCCC(C)c1cc2cnc(NC)cc2[nH]1. The molecule has 2 aromatic rings. The lowest BCUT2D eigenvalue weighted by molar-refractivity contribution is 0.615. The molecule has 17 heavy (non-hydrogen) atoms. The molecule has 0 radical (unpaired) electrons. The highest BCUT2D eigenvalue weighted by Gasteiger charge is 2.09. The first-order valence-corrected chi connectivity index (χ1v) is 6.41. The highest BCUT2D eigenvalue weighted by Crippen LogP contribution is 2.25. The Balaban J connectivity index is 2.24. The standard InChI is InChI=1S/C14H21N3/c1-4-5-6-10(2)12-7-11-9-16-14(15-3)8-13(11)17-12/h7-10,17H,4-6H2,1-3H3,(H,15,16). The molecule has 0 amide bonds. The summed E-state index contributed by atoms with van der Waals surface area (Å²) in [4.78, 5) is 7.83. The number of H-pyrrole nitrogens is 1. The number of pyridine rings is 1. The molecule has 0 saturated heterocycles. The molecule has 1 unspecified atom stereocenters. The van der Waals surface area contributed by atoms with Crippen LogP contribution in [0.25, 0.3) is 10.9 Å². The molecule has 0 aliphatic rings. The van der Waals surface area contributed by atoms with Gasteiger partial charge in [-0.1, -0.05) is 26.7 Å². The predicted molar refractivity (Wildman–Crippen MR) is 73.6 cm³/mol. The quantitative estimate of drug-likeness (QED) is 0.819. The van der Waals surface area contributed by atoms with Gasteiger partial charge in [0.2, 0.25) is 0 Å². The Morgan fingerprint density at radius 3 is 2.94 bits per heavy atom. The molecule has 3 nitrogen and oxygen atoms in total. The minimum atomic E-state index is 0.598. The molecular formula is C14H21N3. The highest BCUT2D eigenvalue weighted by molar-refractivity contribution is 5.81. The molecular weight excluding hydrogens is 210 g/mol. The largest absolute Gasteiger partial charge is 0.373 e. The van der Waals surface area contributed by atoms with Crippen LogP contribution in [-0.2, 0) is 0 Å². The van der Waals surface area contributed by atoms with Crippen molar-refractivity contribution in [2.45, 2.75) is 39.0 Å². The number of aromatic nitrogens is 2. The lowest BCUT2D eigenvalue weighted by Crippen LogP contribution is -1.93. The number of unbranched alkanes of at least 4 members (excludes halogenated alkanes) is 1. The van der Waals surface area contributed by atoms with Crippen LogP contribution in [0.3, 0.4) is 0 Å². The highest BCUT2D eigenvalue weighted by atomic mass is 15.0. The van der Waals surface area contributed by atoms with Gasteiger partial charge in [0.15, 0.2) is 0 Å². The summed E-state index contributed by atoms with van der Waals surface area (Å²) in [6, 6.07) is 4.29. The molecule has 92 valence electrons. The Bertz CT molecular complexity index is 487. The topological polar surface area (TPSA) is 40.7 Å². The van der Waals surface area contributed by atoms with Gasteiger partial charge >= 0.3 is 0 Å². The second kappa shape index (κ2) is 5.21. The Kier molecular flexibility index (Phi) is 3.67. The maximum absolute atomic E-state index is 4.33. The number of hydrogen-bond donors (Lipinski definition) is 2. The van der Waals surface area contributed by atoms with E-state index in [-0.39, 0.29) is 0 Å². The molecule has 0 aliphatic heterocycles. The van der Waals surface area contributed by atoms with Crippen LogP contribution < -0.4 is 5.32 Å². The van der Waals surface area contributed by atoms with E-state index in [1.54, 1.807) is 0 Å². The fraction of sp³-hybridized carbons (Fsp3) is 0.500. The van der Waals surface area contributed by atoms with Crippen molar-refractivity contribution in [3.8, 4) is 0 Å². The Morgan fingerprint density at radius 1 is 1.41 bits per heavy atom. The van der Waals surface area contributed by atoms with Crippen molar-refractivity contribution in [3.63, 3.8) is 0 Å². The Labute approximate surface area is 103 Å². The van der Waals surface area contributed by atoms with Crippen molar-refractivity contribution in [1.82, 2.24) is 9.97 Å². The number of anilines is 1. The van der Waals surface area contributed by atoms with E-state index in [0.717, 1.165) is 5.82 Å². The number of hydrogen-bond acceptors (Lipinski definition) is 2. The van der Waals surface area contributed by atoms with E-state index in [1.807, 2.05) is 13.2 Å². The molecule has 0 aliphatic carbocycles. The van der Waals surface area contributed by atoms with Crippen molar-refractivity contribution >= 4 is 16.7 Å². The van der Waals surface area contributed by atoms with Gasteiger partial charge in [0.1, 0.15) is 5.82 Å². The fourth-order valence-electron chi connectivity index (χ4n) is 2.12. The van der Waals surface area contributed by atoms with Crippen LogP contribution in [0.4, 0.5) is 5.82 Å². The second-order valence-corrected chi connectivity index (χ2v) is 4.67. The van der Waals surface area contributed by atoms with Gasteiger partial charge in [0.05, 0.1) is 5.52 Å². The third-order valence-electron chi connectivity index (χ3n) is 3.30. The molecule has 0 bridgehead atoms. The lowest BCUT2D eigenvalue weighted by atomic mass is 10.0. The number of nitrogens with zero attached hydrogens (tertiary/aromatic N) is 1. The smallest absolute Gasteiger partial charge is 0.127 e.